The zero-order valence-corrected chi connectivity index (χ0v) is 16.3. The predicted octanol–water partition coefficient (Wildman–Crippen LogP) is 3.44. The van der Waals surface area contributed by atoms with Crippen molar-refractivity contribution in [3.05, 3.63) is 53.7 Å². The Morgan fingerprint density at radius 2 is 1.86 bits per heavy atom. The van der Waals surface area contributed by atoms with Gasteiger partial charge in [0.05, 0.1) is 22.6 Å². The number of rotatable bonds is 4. The summed E-state index contributed by atoms with van der Waals surface area (Å²) >= 11 is 0. The van der Waals surface area contributed by atoms with Gasteiger partial charge in [-0.2, -0.15) is 5.10 Å². The van der Waals surface area contributed by atoms with Crippen molar-refractivity contribution in [2.24, 2.45) is 0 Å². The number of benzene rings is 2. The third-order valence-electron chi connectivity index (χ3n) is 5.10. The number of amides is 1. The number of hydrogen-bond donors (Lipinski definition) is 2. The Bertz CT molecular complexity index is 1000. The molecule has 1 aliphatic rings. The number of likely N-dealkylation sites (N-methyl/N-ethyl adjacent to an activating group) is 1. The monoisotopic (exact) mass is 375 g/mol. The van der Waals surface area contributed by atoms with Gasteiger partial charge in [-0.25, -0.2) is 0 Å². The highest BCUT2D eigenvalue weighted by atomic mass is 16.1. The quantitative estimate of drug-likeness (QED) is 0.733. The van der Waals surface area contributed by atoms with E-state index in [-0.39, 0.29) is 5.91 Å². The fourth-order valence-electron chi connectivity index (χ4n) is 3.54. The molecule has 6 nitrogen and oxygen atoms in total. The molecule has 1 amide bonds. The Labute approximate surface area is 164 Å². The van der Waals surface area contributed by atoms with Crippen molar-refractivity contribution in [2.45, 2.75) is 6.92 Å². The van der Waals surface area contributed by atoms with Crippen LogP contribution in [0, 0.1) is 0 Å². The molecule has 1 fully saturated rings. The van der Waals surface area contributed by atoms with E-state index < -0.39 is 0 Å². The standard InChI is InChI=1S/C22H25N5O/c1-16(28)23-21-14-18-19(9-8-17-6-4-3-5-7-17)24-25-20(18)15-22(21)27-12-10-26(2)11-13-27/h3-9,14-15H,10-13H2,1-2H3,(H,23,28)(H,24,25). The van der Waals surface area contributed by atoms with E-state index in [1.165, 1.54) is 0 Å². The summed E-state index contributed by atoms with van der Waals surface area (Å²) in [4.78, 5) is 16.4. The summed E-state index contributed by atoms with van der Waals surface area (Å²) in [6.07, 6.45) is 4.04. The van der Waals surface area contributed by atoms with Crippen LogP contribution < -0.4 is 10.2 Å². The van der Waals surface area contributed by atoms with E-state index in [1.54, 1.807) is 6.92 Å². The second kappa shape index (κ2) is 7.86. The second-order valence-electron chi connectivity index (χ2n) is 7.24. The van der Waals surface area contributed by atoms with Crippen LogP contribution in [0.25, 0.3) is 23.1 Å². The third kappa shape index (κ3) is 3.92. The highest BCUT2D eigenvalue weighted by Gasteiger charge is 2.19. The van der Waals surface area contributed by atoms with E-state index in [0.717, 1.165) is 59.7 Å². The lowest BCUT2D eigenvalue weighted by molar-refractivity contribution is -0.114. The first-order valence-corrected chi connectivity index (χ1v) is 9.56. The lowest BCUT2D eigenvalue weighted by Gasteiger charge is -2.35. The molecule has 0 bridgehead atoms. The van der Waals surface area contributed by atoms with Crippen LogP contribution in [0.15, 0.2) is 42.5 Å². The highest BCUT2D eigenvalue weighted by molar-refractivity contribution is 6.00. The van der Waals surface area contributed by atoms with Gasteiger partial charge in [0.2, 0.25) is 5.91 Å². The topological polar surface area (TPSA) is 64.3 Å². The minimum Gasteiger partial charge on any atom is -0.367 e. The molecule has 1 saturated heterocycles. The lowest BCUT2D eigenvalue weighted by Crippen LogP contribution is -2.44. The fraction of sp³-hybridized carbons (Fsp3) is 0.273. The number of fused-ring (bicyclic) bond motifs is 1. The van der Waals surface area contributed by atoms with Gasteiger partial charge in [-0.1, -0.05) is 36.4 Å². The van der Waals surface area contributed by atoms with Crippen LogP contribution in [-0.4, -0.2) is 54.2 Å². The third-order valence-corrected chi connectivity index (χ3v) is 5.10. The number of H-pyrrole nitrogens is 1. The Balaban J connectivity index is 1.71. The molecule has 6 heteroatoms. The minimum absolute atomic E-state index is 0.0698. The highest BCUT2D eigenvalue weighted by Crippen LogP contribution is 2.33. The summed E-state index contributed by atoms with van der Waals surface area (Å²) in [6.45, 7) is 5.42. The van der Waals surface area contributed by atoms with Crippen molar-refractivity contribution < 1.29 is 4.79 Å². The molecule has 28 heavy (non-hydrogen) atoms. The van der Waals surface area contributed by atoms with Gasteiger partial charge in [0.1, 0.15) is 0 Å². The molecule has 2 aromatic carbocycles. The molecule has 4 rings (SSSR count). The molecule has 0 saturated carbocycles. The van der Waals surface area contributed by atoms with Gasteiger partial charge in [0.25, 0.3) is 0 Å². The van der Waals surface area contributed by atoms with E-state index in [1.807, 2.05) is 36.4 Å². The van der Waals surface area contributed by atoms with Gasteiger partial charge in [0.15, 0.2) is 0 Å². The molecule has 1 aromatic heterocycles. The van der Waals surface area contributed by atoms with Crippen LogP contribution in [0.3, 0.4) is 0 Å². The fourth-order valence-corrected chi connectivity index (χ4v) is 3.54. The first-order valence-electron chi connectivity index (χ1n) is 9.56. The second-order valence-corrected chi connectivity index (χ2v) is 7.24. The number of carbonyl (C=O) groups is 1. The van der Waals surface area contributed by atoms with Crippen LogP contribution >= 0.6 is 0 Å². The summed E-state index contributed by atoms with van der Waals surface area (Å²) < 4.78 is 0. The summed E-state index contributed by atoms with van der Waals surface area (Å²) in [5.74, 6) is -0.0698. The van der Waals surface area contributed by atoms with E-state index >= 15 is 0 Å². The zero-order chi connectivity index (χ0) is 19.5. The number of aromatic amines is 1. The van der Waals surface area contributed by atoms with Crippen molar-refractivity contribution in [2.75, 3.05) is 43.4 Å². The molecule has 3 aromatic rings. The molecular weight excluding hydrogens is 350 g/mol. The van der Waals surface area contributed by atoms with Gasteiger partial charge in [0, 0.05) is 38.5 Å². The molecule has 0 spiro atoms. The van der Waals surface area contributed by atoms with Crippen LogP contribution in [-0.2, 0) is 4.79 Å². The van der Waals surface area contributed by atoms with Crippen LogP contribution in [0.1, 0.15) is 18.2 Å². The zero-order valence-electron chi connectivity index (χ0n) is 16.3. The number of piperazine rings is 1. The first-order chi connectivity index (χ1) is 13.6. The summed E-state index contributed by atoms with van der Waals surface area (Å²) in [5.41, 5.74) is 4.82. The lowest BCUT2D eigenvalue weighted by atomic mass is 10.1. The van der Waals surface area contributed by atoms with Gasteiger partial charge in [-0.15, -0.1) is 0 Å². The van der Waals surface area contributed by atoms with Crippen molar-refractivity contribution in [3.63, 3.8) is 0 Å². The molecule has 144 valence electrons. The summed E-state index contributed by atoms with van der Waals surface area (Å²) in [5, 5.41) is 11.6. The Morgan fingerprint density at radius 3 is 2.57 bits per heavy atom. The maximum absolute atomic E-state index is 11.8. The van der Waals surface area contributed by atoms with Gasteiger partial charge >= 0.3 is 0 Å². The molecular formula is C22H25N5O. The van der Waals surface area contributed by atoms with E-state index in [4.69, 9.17) is 0 Å². The van der Waals surface area contributed by atoms with Crippen LogP contribution in [0.4, 0.5) is 11.4 Å². The van der Waals surface area contributed by atoms with Crippen LogP contribution in [0.2, 0.25) is 0 Å². The van der Waals surface area contributed by atoms with E-state index in [9.17, 15) is 4.79 Å². The molecule has 0 aliphatic carbocycles. The van der Waals surface area contributed by atoms with Gasteiger partial charge in [-0.3, -0.25) is 9.89 Å². The number of nitrogens with one attached hydrogen (secondary N) is 2. The maximum Gasteiger partial charge on any atom is 0.221 e. The average molecular weight is 375 g/mol. The Morgan fingerprint density at radius 1 is 1.11 bits per heavy atom. The summed E-state index contributed by atoms with van der Waals surface area (Å²) in [7, 11) is 2.13. The number of carbonyl (C=O) groups excluding carboxylic acids is 1. The molecule has 0 atom stereocenters. The van der Waals surface area contributed by atoms with Crippen molar-refractivity contribution in [3.8, 4) is 0 Å². The predicted molar refractivity (Wildman–Crippen MR) is 115 cm³/mol. The normalized spacial score (nSPS) is 15.4. The van der Waals surface area contributed by atoms with Gasteiger partial charge in [-0.05, 0) is 30.8 Å². The van der Waals surface area contributed by atoms with Gasteiger partial charge < -0.3 is 15.1 Å². The number of aromatic nitrogens is 2. The molecule has 0 radical (unpaired) electrons. The number of anilines is 2. The largest absolute Gasteiger partial charge is 0.367 e. The SMILES string of the molecule is CC(=O)Nc1cc2c(C=Cc3ccccc3)n[nH]c2cc1N1CCN(C)CC1. The Hall–Kier alpha value is -3.12. The van der Waals surface area contributed by atoms with E-state index in [0.29, 0.717) is 0 Å². The molecule has 1 aliphatic heterocycles. The smallest absolute Gasteiger partial charge is 0.221 e. The average Bonchev–Trinajstić information content (AvgIpc) is 3.09. The van der Waals surface area contributed by atoms with Crippen LogP contribution in [0.5, 0.6) is 0 Å². The molecule has 0 unspecified atom stereocenters. The number of hydrogen-bond acceptors (Lipinski definition) is 4. The van der Waals surface area contributed by atoms with Crippen molar-refractivity contribution in [1.82, 2.24) is 15.1 Å². The van der Waals surface area contributed by atoms with Crippen molar-refractivity contribution >= 4 is 40.3 Å². The first kappa shape index (κ1) is 18.3. The Kier molecular flexibility index (Phi) is 5.12. The number of nitrogens with zero attached hydrogens (tertiary/aromatic N) is 3. The van der Waals surface area contributed by atoms with Crippen molar-refractivity contribution in [1.29, 1.82) is 0 Å². The van der Waals surface area contributed by atoms with E-state index in [2.05, 4.69) is 50.6 Å². The maximum atomic E-state index is 11.8. The molecule has 2 N–H and O–H groups in total. The molecule has 2 heterocycles. The summed E-state index contributed by atoms with van der Waals surface area (Å²) in [6, 6.07) is 14.3. The minimum atomic E-state index is -0.0698.